The van der Waals surface area contributed by atoms with Gasteiger partial charge in [-0.15, -0.1) is 0 Å². The molecule has 1 fully saturated rings. The second kappa shape index (κ2) is 2.50. The summed E-state index contributed by atoms with van der Waals surface area (Å²) in [5.74, 6) is 0. The standard InChI is InChI=1S/C6H9N3O2/c10-5-1-2-9(3-5)6-7-4-8-11-6/h4-5,10H,1-3H2/t5-/m1/s1. The number of β-amino-alcohol motifs (C(OH)–C–C–N with tert-alkyl or cyclic N) is 1. The Hall–Kier alpha value is -1.10. The van der Waals surface area contributed by atoms with Crippen molar-refractivity contribution in [2.24, 2.45) is 0 Å². The molecular formula is C6H9N3O2. The lowest BCUT2D eigenvalue weighted by Gasteiger charge is -2.09. The minimum atomic E-state index is -0.248. The Morgan fingerprint density at radius 1 is 1.73 bits per heavy atom. The summed E-state index contributed by atoms with van der Waals surface area (Å²) in [6.45, 7) is 1.39. The first-order valence-electron chi connectivity index (χ1n) is 3.56. The predicted octanol–water partition coefficient (Wildman–Crippen LogP) is -0.359. The number of nitrogens with zero attached hydrogens (tertiary/aromatic N) is 3. The van der Waals surface area contributed by atoms with Crippen LogP contribution in [-0.2, 0) is 0 Å². The molecule has 0 saturated carbocycles. The minimum Gasteiger partial charge on any atom is -0.391 e. The zero-order valence-corrected chi connectivity index (χ0v) is 5.97. The first-order valence-corrected chi connectivity index (χ1v) is 3.56. The van der Waals surface area contributed by atoms with E-state index in [-0.39, 0.29) is 6.10 Å². The third-order valence-corrected chi connectivity index (χ3v) is 1.78. The van der Waals surface area contributed by atoms with Crippen molar-refractivity contribution in [1.29, 1.82) is 0 Å². The van der Waals surface area contributed by atoms with E-state index < -0.39 is 0 Å². The summed E-state index contributed by atoms with van der Waals surface area (Å²) in [5.41, 5.74) is 0. The molecule has 0 aliphatic carbocycles. The highest BCUT2D eigenvalue weighted by Crippen LogP contribution is 2.16. The van der Waals surface area contributed by atoms with E-state index in [0.717, 1.165) is 13.0 Å². The highest BCUT2D eigenvalue weighted by molar-refractivity contribution is 5.25. The topological polar surface area (TPSA) is 62.4 Å². The molecule has 1 aliphatic heterocycles. The number of aliphatic hydroxyl groups excluding tert-OH is 1. The summed E-state index contributed by atoms with van der Waals surface area (Å²) in [4.78, 5) is 5.74. The van der Waals surface area contributed by atoms with Gasteiger partial charge in [0.25, 0.3) is 0 Å². The molecule has 0 unspecified atom stereocenters. The van der Waals surface area contributed by atoms with Crippen molar-refractivity contribution in [2.45, 2.75) is 12.5 Å². The first kappa shape index (κ1) is 6.60. The van der Waals surface area contributed by atoms with Crippen LogP contribution in [0, 0.1) is 0 Å². The molecule has 2 heterocycles. The fourth-order valence-electron chi connectivity index (χ4n) is 1.22. The van der Waals surface area contributed by atoms with Gasteiger partial charge in [0.1, 0.15) is 0 Å². The van der Waals surface area contributed by atoms with E-state index in [4.69, 9.17) is 9.63 Å². The molecule has 1 aliphatic rings. The van der Waals surface area contributed by atoms with Crippen LogP contribution in [0.4, 0.5) is 6.01 Å². The summed E-state index contributed by atoms with van der Waals surface area (Å²) in [5, 5.41) is 12.6. The van der Waals surface area contributed by atoms with Crippen LogP contribution in [-0.4, -0.2) is 34.4 Å². The molecule has 5 nitrogen and oxygen atoms in total. The molecule has 0 radical (unpaired) electrons. The van der Waals surface area contributed by atoms with Gasteiger partial charge in [-0.3, -0.25) is 0 Å². The average molecular weight is 155 g/mol. The molecule has 1 aromatic rings. The van der Waals surface area contributed by atoms with E-state index in [2.05, 4.69) is 10.1 Å². The van der Waals surface area contributed by atoms with Crippen molar-refractivity contribution >= 4 is 6.01 Å². The molecule has 1 N–H and O–H groups in total. The largest absolute Gasteiger partial charge is 0.391 e. The van der Waals surface area contributed by atoms with E-state index in [1.54, 1.807) is 0 Å². The van der Waals surface area contributed by atoms with Gasteiger partial charge in [-0.05, 0) is 6.42 Å². The molecular weight excluding hydrogens is 146 g/mol. The molecule has 1 saturated heterocycles. The zero-order valence-electron chi connectivity index (χ0n) is 5.97. The minimum absolute atomic E-state index is 0.248. The maximum absolute atomic E-state index is 9.17. The van der Waals surface area contributed by atoms with Crippen molar-refractivity contribution in [1.82, 2.24) is 10.1 Å². The van der Waals surface area contributed by atoms with Crippen molar-refractivity contribution in [3.05, 3.63) is 6.33 Å². The number of hydrogen-bond acceptors (Lipinski definition) is 5. The van der Waals surface area contributed by atoms with Gasteiger partial charge < -0.3 is 14.5 Å². The average Bonchev–Trinajstić information content (AvgIpc) is 2.55. The number of aromatic nitrogens is 2. The fraction of sp³-hybridized carbons (Fsp3) is 0.667. The molecule has 0 spiro atoms. The highest BCUT2D eigenvalue weighted by Gasteiger charge is 2.23. The third-order valence-electron chi connectivity index (χ3n) is 1.78. The highest BCUT2D eigenvalue weighted by atomic mass is 16.5. The van der Waals surface area contributed by atoms with Gasteiger partial charge in [0, 0.05) is 13.1 Å². The molecule has 0 amide bonds. The van der Waals surface area contributed by atoms with Crippen molar-refractivity contribution in [3.8, 4) is 0 Å². The third kappa shape index (κ3) is 1.19. The zero-order chi connectivity index (χ0) is 7.68. The van der Waals surface area contributed by atoms with Gasteiger partial charge in [-0.25, -0.2) is 0 Å². The molecule has 1 atom stereocenters. The van der Waals surface area contributed by atoms with Gasteiger partial charge >= 0.3 is 6.01 Å². The van der Waals surface area contributed by atoms with Crippen molar-refractivity contribution in [3.63, 3.8) is 0 Å². The van der Waals surface area contributed by atoms with E-state index in [1.807, 2.05) is 4.90 Å². The van der Waals surface area contributed by atoms with E-state index in [1.165, 1.54) is 6.33 Å². The molecule has 1 aromatic heterocycles. The lowest BCUT2D eigenvalue weighted by atomic mass is 10.3. The molecule has 2 rings (SSSR count). The SMILES string of the molecule is O[C@@H]1CCN(c2ncno2)C1. The van der Waals surface area contributed by atoms with Gasteiger partial charge in [0.15, 0.2) is 6.33 Å². The molecule has 0 aromatic carbocycles. The Labute approximate surface area is 63.6 Å². The van der Waals surface area contributed by atoms with Crippen molar-refractivity contribution < 1.29 is 9.63 Å². The van der Waals surface area contributed by atoms with Crippen LogP contribution in [0.2, 0.25) is 0 Å². The Morgan fingerprint density at radius 2 is 2.64 bits per heavy atom. The number of rotatable bonds is 1. The van der Waals surface area contributed by atoms with Gasteiger partial charge in [-0.1, -0.05) is 5.16 Å². The summed E-state index contributed by atoms with van der Waals surface area (Å²) in [7, 11) is 0. The Kier molecular flexibility index (Phi) is 1.50. The monoisotopic (exact) mass is 155 g/mol. The van der Waals surface area contributed by atoms with Gasteiger partial charge in [0.2, 0.25) is 0 Å². The Morgan fingerprint density at radius 3 is 3.18 bits per heavy atom. The van der Waals surface area contributed by atoms with Crippen LogP contribution >= 0.6 is 0 Å². The lowest BCUT2D eigenvalue weighted by Crippen LogP contribution is -2.21. The van der Waals surface area contributed by atoms with Crippen molar-refractivity contribution in [2.75, 3.05) is 18.0 Å². The quantitative estimate of drug-likeness (QED) is 0.600. The summed E-state index contributed by atoms with van der Waals surface area (Å²) >= 11 is 0. The van der Waals surface area contributed by atoms with Gasteiger partial charge in [-0.2, -0.15) is 4.98 Å². The number of hydrogen-bond donors (Lipinski definition) is 1. The molecule has 0 bridgehead atoms. The van der Waals surface area contributed by atoms with E-state index in [0.29, 0.717) is 12.6 Å². The maximum Gasteiger partial charge on any atom is 0.323 e. The second-order valence-corrected chi connectivity index (χ2v) is 2.61. The Bertz CT molecular complexity index is 224. The van der Waals surface area contributed by atoms with Crippen LogP contribution in [0.25, 0.3) is 0 Å². The molecule has 5 heteroatoms. The van der Waals surface area contributed by atoms with Crippen LogP contribution in [0.1, 0.15) is 6.42 Å². The van der Waals surface area contributed by atoms with E-state index in [9.17, 15) is 0 Å². The molecule has 60 valence electrons. The first-order chi connectivity index (χ1) is 5.36. The van der Waals surface area contributed by atoms with Crippen LogP contribution < -0.4 is 4.90 Å². The Balaban J connectivity index is 2.08. The smallest absolute Gasteiger partial charge is 0.323 e. The van der Waals surface area contributed by atoms with Gasteiger partial charge in [0.05, 0.1) is 6.10 Å². The summed E-state index contributed by atoms with van der Waals surface area (Å²) in [6, 6.07) is 0.501. The molecule has 11 heavy (non-hydrogen) atoms. The number of aliphatic hydroxyl groups is 1. The lowest BCUT2D eigenvalue weighted by molar-refractivity contribution is 0.197. The maximum atomic E-state index is 9.17. The van der Waals surface area contributed by atoms with Crippen LogP contribution in [0.5, 0.6) is 0 Å². The van der Waals surface area contributed by atoms with Crippen LogP contribution in [0.15, 0.2) is 10.9 Å². The predicted molar refractivity (Wildman–Crippen MR) is 37.1 cm³/mol. The summed E-state index contributed by atoms with van der Waals surface area (Å²) < 4.78 is 4.82. The van der Waals surface area contributed by atoms with E-state index >= 15 is 0 Å². The second-order valence-electron chi connectivity index (χ2n) is 2.61. The fourth-order valence-corrected chi connectivity index (χ4v) is 1.22. The van der Waals surface area contributed by atoms with Crippen LogP contribution in [0.3, 0.4) is 0 Å². The normalized spacial score (nSPS) is 24.5. The number of anilines is 1. The summed E-state index contributed by atoms with van der Waals surface area (Å²) in [6.07, 6.45) is 1.89.